The second-order valence-electron chi connectivity index (χ2n) is 4.23. The molecule has 0 N–H and O–H groups in total. The molecule has 0 aromatic heterocycles. The molecule has 0 saturated heterocycles. The van der Waals surface area contributed by atoms with E-state index < -0.39 is 26.5 Å². The average Bonchev–Trinajstić information content (AvgIpc) is 2.00. The summed E-state index contributed by atoms with van der Waals surface area (Å²) in [6.07, 6.45) is 0. The highest BCUT2D eigenvalue weighted by atomic mass is 32.2. The minimum atomic E-state index is -3.21. The van der Waals surface area contributed by atoms with E-state index in [2.05, 4.69) is 4.74 Å². The summed E-state index contributed by atoms with van der Waals surface area (Å²) in [4.78, 5) is 11.2. The van der Waals surface area contributed by atoms with Crippen molar-refractivity contribution in [2.45, 2.75) is 32.9 Å². The van der Waals surface area contributed by atoms with E-state index in [0.717, 1.165) is 0 Å². The molecule has 0 aliphatic carbocycles. The van der Waals surface area contributed by atoms with Crippen molar-refractivity contribution in [3.05, 3.63) is 0 Å². The highest BCUT2D eigenvalue weighted by Crippen LogP contribution is 2.21. The van der Waals surface area contributed by atoms with Crippen molar-refractivity contribution in [1.82, 2.24) is 0 Å². The Hall–Kier alpha value is -0.580. The lowest BCUT2D eigenvalue weighted by atomic mass is 9.97. The fourth-order valence-corrected chi connectivity index (χ4v) is 2.46. The van der Waals surface area contributed by atoms with Crippen molar-refractivity contribution in [1.29, 1.82) is 0 Å². The smallest absolute Gasteiger partial charge is 0.312 e. The third-order valence-corrected chi connectivity index (χ3v) is 4.58. The van der Waals surface area contributed by atoms with E-state index in [9.17, 15) is 13.2 Å². The zero-order chi connectivity index (χ0) is 11.6. The minimum absolute atomic E-state index is 0.176. The zero-order valence-electron chi connectivity index (χ0n) is 9.33. The van der Waals surface area contributed by atoms with Gasteiger partial charge in [0.05, 0.1) is 23.5 Å². The SMILES string of the molecule is COC(=O)C(C)(C)CS(=O)(=O)C(C)C. The molecule has 0 atom stereocenters. The van der Waals surface area contributed by atoms with E-state index in [1.54, 1.807) is 27.7 Å². The number of hydrogen-bond acceptors (Lipinski definition) is 4. The third kappa shape index (κ3) is 3.29. The molecule has 4 nitrogen and oxygen atoms in total. The number of ether oxygens (including phenoxy) is 1. The maximum absolute atomic E-state index is 11.6. The van der Waals surface area contributed by atoms with Gasteiger partial charge in [-0.1, -0.05) is 0 Å². The number of hydrogen-bond donors (Lipinski definition) is 0. The number of carbonyl (C=O) groups is 1. The molecule has 0 unspecified atom stereocenters. The van der Waals surface area contributed by atoms with Gasteiger partial charge in [-0.15, -0.1) is 0 Å². The first-order valence-corrected chi connectivity index (χ1v) is 6.15. The number of carbonyl (C=O) groups excluding carboxylic acids is 1. The first kappa shape index (κ1) is 13.4. The summed E-state index contributed by atoms with van der Waals surface area (Å²) < 4.78 is 27.7. The molecule has 0 aliphatic rings. The summed E-state index contributed by atoms with van der Waals surface area (Å²) in [6, 6.07) is 0. The van der Waals surface area contributed by atoms with Crippen LogP contribution in [0.5, 0.6) is 0 Å². The van der Waals surface area contributed by atoms with Crippen LogP contribution in [0.1, 0.15) is 27.7 Å². The summed E-state index contributed by atoms with van der Waals surface area (Å²) >= 11 is 0. The molecule has 0 spiro atoms. The van der Waals surface area contributed by atoms with E-state index in [1.165, 1.54) is 7.11 Å². The largest absolute Gasteiger partial charge is 0.469 e. The Morgan fingerprint density at radius 3 is 2.07 bits per heavy atom. The molecule has 0 heterocycles. The molecule has 0 fully saturated rings. The summed E-state index contributed by atoms with van der Waals surface area (Å²) in [6.45, 7) is 6.34. The summed E-state index contributed by atoms with van der Waals surface area (Å²) in [5.41, 5.74) is -0.974. The number of methoxy groups -OCH3 is 1. The second-order valence-corrected chi connectivity index (χ2v) is 6.79. The molecular weight excluding hydrogens is 204 g/mol. The molecule has 0 radical (unpaired) electrons. The van der Waals surface area contributed by atoms with Crippen molar-refractivity contribution in [3.63, 3.8) is 0 Å². The Morgan fingerprint density at radius 1 is 1.36 bits per heavy atom. The third-order valence-electron chi connectivity index (χ3n) is 2.02. The molecule has 0 rings (SSSR count). The van der Waals surface area contributed by atoms with Gasteiger partial charge in [-0.3, -0.25) is 4.79 Å². The van der Waals surface area contributed by atoms with E-state index >= 15 is 0 Å². The van der Waals surface area contributed by atoms with Crippen LogP contribution in [0.3, 0.4) is 0 Å². The minimum Gasteiger partial charge on any atom is -0.469 e. The lowest BCUT2D eigenvalue weighted by Gasteiger charge is -2.22. The standard InChI is InChI=1S/C9H18O4S/c1-7(2)14(11,12)6-9(3,4)8(10)13-5/h7H,6H2,1-5H3. The van der Waals surface area contributed by atoms with E-state index in [1.807, 2.05) is 0 Å². The number of esters is 1. The van der Waals surface area contributed by atoms with Crippen LogP contribution in [-0.4, -0.2) is 32.5 Å². The topological polar surface area (TPSA) is 60.4 Å². The highest BCUT2D eigenvalue weighted by Gasteiger charge is 2.35. The quantitative estimate of drug-likeness (QED) is 0.666. The van der Waals surface area contributed by atoms with Crippen molar-refractivity contribution in [2.75, 3.05) is 12.9 Å². The van der Waals surface area contributed by atoms with Gasteiger partial charge in [0.25, 0.3) is 0 Å². The molecule has 0 bridgehead atoms. The molecular formula is C9H18O4S. The fourth-order valence-electron chi connectivity index (χ4n) is 1.00. The van der Waals surface area contributed by atoms with Crippen molar-refractivity contribution < 1.29 is 17.9 Å². The van der Waals surface area contributed by atoms with Crippen LogP contribution in [-0.2, 0) is 19.4 Å². The van der Waals surface area contributed by atoms with Gasteiger partial charge >= 0.3 is 5.97 Å². The number of sulfone groups is 1. The van der Waals surface area contributed by atoms with Crippen LogP contribution in [0, 0.1) is 5.41 Å². The molecule has 0 aromatic carbocycles. The normalized spacial score (nSPS) is 13.0. The lowest BCUT2D eigenvalue weighted by molar-refractivity contribution is -0.149. The Balaban J connectivity index is 4.76. The summed E-state index contributed by atoms with van der Waals surface area (Å²) in [5.74, 6) is -0.675. The Kier molecular flexibility index (Phi) is 4.12. The van der Waals surface area contributed by atoms with E-state index in [0.29, 0.717) is 0 Å². The van der Waals surface area contributed by atoms with Crippen LogP contribution in [0.2, 0.25) is 0 Å². The molecule has 5 heteroatoms. The molecule has 84 valence electrons. The van der Waals surface area contributed by atoms with Crippen molar-refractivity contribution >= 4 is 15.8 Å². The van der Waals surface area contributed by atoms with Crippen molar-refractivity contribution in [3.8, 4) is 0 Å². The Morgan fingerprint density at radius 2 is 1.79 bits per heavy atom. The van der Waals surface area contributed by atoms with Crippen molar-refractivity contribution in [2.24, 2.45) is 5.41 Å². The first-order chi connectivity index (χ1) is 6.13. The first-order valence-electron chi connectivity index (χ1n) is 4.43. The Labute approximate surface area is 85.6 Å². The lowest BCUT2D eigenvalue weighted by Crippen LogP contribution is -2.36. The maximum atomic E-state index is 11.6. The van der Waals surface area contributed by atoms with Gasteiger partial charge in [0.15, 0.2) is 9.84 Å². The van der Waals surface area contributed by atoms with E-state index in [4.69, 9.17) is 0 Å². The zero-order valence-corrected chi connectivity index (χ0v) is 10.1. The predicted molar refractivity (Wildman–Crippen MR) is 54.7 cm³/mol. The monoisotopic (exact) mass is 222 g/mol. The van der Waals surface area contributed by atoms with Gasteiger partial charge in [-0.2, -0.15) is 0 Å². The van der Waals surface area contributed by atoms with Gasteiger partial charge in [-0.05, 0) is 27.7 Å². The summed E-state index contributed by atoms with van der Waals surface area (Å²) in [5, 5.41) is -0.466. The maximum Gasteiger partial charge on any atom is 0.312 e. The van der Waals surface area contributed by atoms with Gasteiger partial charge in [0.1, 0.15) is 0 Å². The summed E-state index contributed by atoms with van der Waals surface area (Å²) in [7, 11) is -1.96. The van der Waals surface area contributed by atoms with Gasteiger partial charge < -0.3 is 4.74 Å². The molecule has 0 aromatic rings. The van der Waals surface area contributed by atoms with Crippen LogP contribution >= 0.6 is 0 Å². The molecule has 14 heavy (non-hydrogen) atoms. The average molecular weight is 222 g/mol. The van der Waals surface area contributed by atoms with E-state index in [-0.39, 0.29) is 5.75 Å². The fraction of sp³-hybridized carbons (Fsp3) is 0.889. The molecule has 0 aliphatic heterocycles. The van der Waals surface area contributed by atoms with Gasteiger partial charge in [-0.25, -0.2) is 8.42 Å². The molecule has 0 saturated carbocycles. The molecule has 0 amide bonds. The van der Waals surface area contributed by atoms with Crippen LogP contribution in [0.15, 0.2) is 0 Å². The Bertz CT molecular complexity index is 301. The number of rotatable bonds is 4. The van der Waals surface area contributed by atoms with Crippen LogP contribution in [0.4, 0.5) is 0 Å². The van der Waals surface area contributed by atoms with Crippen LogP contribution < -0.4 is 0 Å². The van der Waals surface area contributed by atoms with Gasteiger partial charge in [0, 0.05) is 0 Å². The van der Waals surface area contributed by atoms with Crippen LogP contribution in [0.25, 0.3) is 0 Å². The highest BCUT2D eigenvalue weighted by molar-refractivity contribution is 7.92. The second kappa shape index (κ2) is 4.29. The predicted octanol–water partition coefficient (Wildman–Crippen LogP) is 1.01. The van der Waals surface area contributed by atoms with Gasteiger partial charge in [0.2, 0.25) is 0 Å².